The van der Waals surface area contributed by atoms with Crippen LogP contribution in [0.3, 0.4) is 0 Å². The van der Waals surface area contributed by atoms with Crippen LogP contribution in [-0.4, -0.2) is 25.9 Å². The first-order valence-electron chi connectivity index (χ1n) is 6.13. The zero-order valence-corrected chi connectivity index (χ0v) is 12.9. The fourth-order valence-corrected chi connectivity index (χ4v) is 2.84. The molecule has 0 fully saturated rings. The van der Waals surface area contributed by atoms with E-state index in [1.54, 1.807) is 0 Å². The minimum Gasteiger partial charge on any atom is -0.312 e. The first-order valence-corrected chi connectivity index (χ1v) is 7.72. The second-order valence-corrected chi connectivity index (χ2v) is 6.57. The molecule has 0 atom stereocenters. The van der Waals surface area contributed by atoms with Crippen molar-refractivity contribution in [2.24, 2.45) is 5.92 Å². The molecule has 2 rings (SSSR count). The van der Waals surface area contributed by atoms with Crippen molar-refractivity contribution in [1.82, 2.24) is 24.6 Å². The third-order valence-corrected chi connectivity index (χ3v) is 3.99. The van der Waals surface area contributed by atoms with Crippen LogP contribution in [0.2, 0.25) is 0 Å². The van der Waals surface area contributed by atoms with Crippen LogP contribution >= 0.6 is 23.3 Å². The Labute approximate surface area is 121 Å². The number of hydrogen-bond acceptors (Lipinski definition) is 7. The summed E-state index contributed by atoms with van der Waals surface area (Å²) in [7, 11) is 0. The fourth-order valence-electron chi connectivity index (χ4n) is 1.39. The van der Waals surface area contributed by atoms with Crippen LogP contribution < -0.4 is 5.32 Å². The molecule has 2 aromatic heterocycles. The van der Waals surface area contributed by atoms with E-state index in [2.05, 4.69) is 38.5 Å². The molecule has 7 heteroatoms. The maximum Gasteiger partial charge on any atom is 0.194 e. The Morgan fingerprint density at radius 3 is 2.63 bits per heavy atom. The molecule has 0 amide bonds. The minimum atomic E-state index is 0.649. The summed E-state index contributed by atoms with van der Waals surface area (Å²) in [5.41, 5.74) is 1.10. The Bertz CT molecular complexity index is 509. The Morgan fingerprint density at radius 2 is 2.05 bits per heavy atom. The summed E-state index contributed by atoms with van der Waals surface area (Å²) in [5.74, 6) is 1.44. The molecule has 0 saturated heterocycles. The molecule has 0 bridgehead atoms. The summed E-state index contributed by atoms with van der Waals surface area (Å²) in [6.07, 6.45) is 3.72. The second kappa shape index (κ2) is 6.93. The largest absolute Gasteiger partial charge is 0.312 e. The highest BCUT2D eigenvalue weighted by molar-refractivity contribution is 8.00. The molecule has 0 aliphatic rings. The van der Waals surface area contributed by atoms with Crippen LogP contribution in [0.4, 0.5) is 0 Å². The number of aromatic nitrogens is 4. The summed E-state index contributed by atoms with van der Waals surface area (Å²) in [6, 6.07) is 0. The summed E-state index contributed by atoms with van der Waals surface area (Å²) in [4.78, 5) is 12.9. The third-order valence-electron chi connectivity index (χ3n) is 2.25. The van der Waals surface area contributed by atoms with Crippen LogP contribution in [0.5, 0.6) is 0 Å². The lowest BCUT2D eigenvalue weighted by atomic mass is 10.2. The van der Waals surface area contributed by atoms with E-state index in [-0.39, 0.29) is 0 Å². The van der Waals surface area contributed by atoms with Crippen LogP contribution in [0.15, 0.2) is 21.9 Å². The first-order chi connectivity index (χ1) is 9.13. The Morgan fingerprint density at radius 1 is 1.32 bits per heavy atom. The number of hydrogen-bond donors (Lipinski definition) is 1. The number of nitrogens with zero attached hydrogens (tertiary/aromatic N) is 4. The van der Waals surface area contributed by atoms with Gasteiger partial charge in [0.25, 0.3) is 0 Å². The lowest BCUT2D eigenvalue weighted by Gasteiger charge is -2.06. The van der Waals surface area contributed by atoms with Crippen molar-refractivity contribution in [2.75, 3.05) is 6.54 Å². The van der Waals surface area contributed by atoms with E-state index in [1.165, 1.54) is 23.3 Å². The van der Waals surface area contributed by atoms with E-state index < -0.39 is 0 Å². The molecule has 0 saturated carbocycles. The summed E-state index contributed by atoms with van der Waals surface area (Å²) >= 11 is 2.82. The van der Waals surface area contributed by atoms with Gasteiger partial charge in [0, 0.05) is 24.5 Å². The van der Waals surface area contributed by atoms with Gasteiger partial charge in [0.1, 0.15) is 5.82 Å². The van der Waals surface area contributed by atoms with Gasteiger partial charge in [0.15, 0.2) is 9.50 Å². The quantitative estimate of drug-likeness (QED) is 0.826. The van der Waals surface area contributed by atoms with Crippen molar-refractivity contribution in [3.05, 3.63) is 23.8 Å². The normalized spacial score (nSPS) is 11.2. The highest BCUT2D eigenvalue weighted by atomic mass is 32.2. The van der Waals surface area contributed by atoms with Gasteiger partial charge in [-0.1, -0.05) is 13.8 Å². The molecule has 2 aromatic rings. The third kappa shape index (κ3) is 4.85. The predicted octanol–water partition coefficient (Wildman–Crippen LogP) is 2.53. The van der Waals surface area contributed by atoms with Gasteiger partial charge in [-0.25, -0.2) is 15.0 Å². The molecule has 0 spiro atoms. The zero-order chi connectivity index (χ0) is 13.7. The van der Waals surface area contributed by atoms with E-state index >= 15 is 0 Å². The average Bonchev–Trinajstić information content (AvgIpc) is 2.77. The average molecular weight is 295 g/mol. The van der Waals surface area contributed by atoms with Gasteiger partial charge in [-0.3, -0.25) is 0 Å². The number of rotatable bonds is 6. The highest BCUT2D eigenvalue weighted by Crippen LogP contribution is 2.25. The van der Waals surface area contributed by atoms with Gasteiger partial charge in [-0.05, 0) is 42.7 Å². The van der Waals surface area contributed by atoms with E-state index in [4.69, 9.17) is 0 Å². The lowest BCUT2D eigenvalue weighted by molar-refractivity contribution is 0.550. The highest BCUT2D eigenvalue weighted by Gasteiger charge is 2.05. The monoisotopic (exact) mass is 295 g/mol. The van der Waals surface area contributed by atoms with Crippen molar-refractivity contribution in [1.29, 1.82) is 0 Å². The predicted molar refractivity (Wildman–Crippen MR) is 77.3 cm³/mol. The molecule has 19 heavy (non-hydrogen) atoms. The molecular formula is C12H17N5S2. The molecule has 0 aliphatic heterocycles. The lowest BCUT2D eigenvalue weighted by Crippen LogP contribution is -2.19. The van der Waals surface area contributed by atoms with Crippen molar-refractivity contribution in [3.8, 4) is 0 Å². The van der Waals surface area contributed by atoms with Crippen molar-refractivity contribution in [2.45, 2.75) is 36.8 Å². The van der Waals surface area contributed by atoms with Gasteiger partial charge in [-0.2, -0.15) is 4.37 Å². The van der Waals surface area contributed by atoms with Crippen LogP contribution in [0.25, 0.3) is 0 Å². The van der Waals surface area contributed by atoms with Crippen LogP contribution in [-0.2, 0) is 6.54 Å². The summed E-state index contributed by atoms with van der Waals surface area (Å²) < 4.78 is 5.01. The Balaban J connectivity index is 1.87. The van der Waals surface area contributed by atoms with Crippen molar-refractivity contribution in [3.63, 3.8) is 0 Å². The Hall–Kier alpha value is -1.05. The molecule has 5 nitrogen and oxygen atoms in total. The van der Waals surface area contributed by atoms with Gasteiger partial charge < -0.3 is 5.32 Å². The molecule has 2 heterocycles. The Kier molecular flexibility index (Phi) is 5.24. The van der Waals surface area contributed by atoms with E-state index in [9.17, 15) is 0 Å². The van der Waals surface area contributed by atoms with Gasteiger partial charge in [-0.15, -0.1) is 0 Å². The fraction of sp³-hybridized carbons (Fsp3) is 0.500. The topological polar surface area (TPSA) is 63.6 Å². The molecule has 0 aliphatic carbocycles. The molecule has 0 unspecified atom stereocenters. The minimum absolute atomic E-state index is 0.649. The molecular weight excluding hydrogens is 278 g/mol. The second-order valence-electron chi connectivity index (χ2n) is 4.61. The molecule has 0 radical (unpaired) electrons. The molecule has 0 aromatic carbocycles. The van der Waals surface area contributed by atoms with Gasteiger partial charge in [0.2, 0.25) is 0 Å². The SMILES string of the molecule is Cc1nsc(Sc2ncc(CNCC(C)C)cn2)n1. The van der Waals surface area contributed by atoms with Crippen molar-refractivity contribution >= 4 is 23.3 Å². The van der Waals surface area contributed by atoms with Crippen LogP contribution in [0.1, 0.15) is 25.2 Å². The van der Waals surface area contributed by atoms with E-state index in [0.717, 1.165) is 28.8 Å². The molecule has 1 N–H and O–H groups in total. The van der Waals surface area contributed by atoms with Gasteiger partial charge in [0.05, 0.1) is 0 Å². The van der Waals surface area contributed by atoms with Crippen LogP contribution in [0, 0.1) is 12.8 Å². The maximum atomic E-state index is 4.33. The zero-order valence-electron chi connectivity index (χ0n) is 11.3. The summed E-state index contributed by atoms with van der Waals surface area (Å²) in [5, 5.41) is 4.08. The number of aryl methyl sites for hydroxylation is 1. The maximum absolute atomic E-state index is 4.33. The van der Waals surface area contributed by atoms with Gasteiger partial charge >= 0.3 is 0 Å². The van der Waals surface area contributed by atoms with E-state index in [0.29, 0.717) is 11.1 Å². The van der Waals surface area contributed by atoms with Crippen molar-refractivity contribution < 1.29 is 0 Å². The first kappa shape index (κ1) is 14.4. The molecule has 102 valence electrons. The summed E-state index contributed by atoms with van der Waals surface area (Å²) in [6.45, 7) is 8.06. The number of nitrogens with one attached hydrogen (secondary N) is 1. The smallest absolute Gasteiger partial charge is 0.194 e. The van der Waals surface area contributed by atoms with E-state index in [1.807, 2.05) is 19.3 Å². The standard InChI is InChI=1S/C12H17N5S2/c1-8(2)4-13-5-10-6-14-11(15-7-10)18-12-16-9(3)17-19-12/h6-8,13H,4-5H2,1-3H3.